The summed E-state index contributed by atoms with van der Waals surface area (Å²) in [5, 5.41) is 0. The van der Waals surface area contributed by atoms with Gasteiger partial charge in [0.15, 0.2) is 11.5 Å². The number of H-pyrrole nitrogens is 1. The number of nitrogens with zero attached hydrogens (tertiary/aromatic N) is 3. The van der Waals surface area contributed by atoms with E-state index in [0.29, 0.717) is 12.6 Å². The lowest BCUT2D eigenvalue weighted by atomic mass is 10.0. The zero-order valence-corrected chi connectivity index (χ0v) is 17.5. The van der Waals surface area contributed by atoms with Gasteiger partial charge in [0.1, 0.15) is 0 Å². The Morgan fingerprint density at radius 2 is 2.00 bits per heavy atom. The zero-order chi connectivity index (χ0) is 20.4. The SMILES string of the molecule is COc1ccc(CN2CCc3c(nc(N4CCCC[C@H]4C)[nH]c3=O)C2)cc1OC. The quantitative estimate of drug-likeness (QED) is 0.835. The summed E-state index contributed by atoms with van der Waals surface area (Å²) in [4.78, 5) is 25.2. The molecule has 29 heavy (non-hydrogen) atoms. The zero-order valence-electron chi connectivity index (χ0n) is 17.5. The normalized spacial score (nSPS) is 19.7. The number of hydrogen-bond donors (Lipinski definition) is 1. The van der Waals surface area contributed by atoms with E-state index in [1.807, 2.05) is 12.1 Å². The summed E-state index contributed by atoms with van der Waals surface area (Å²) < 4.78 is 10.8. The molecule has 0 saturated carbocycles. The van der Waals surface area contributed by atoms with Gasteiger partial charge in [0.2, 0.25) is 5.95 Å². The molecule has 1 N–H and O–H groups in total. The highest BCUT2D eigenvalue weighted by Gasteiger charge is 2.25. The van der Waals surface area contributed by atoms with Crippen molar-refractivity contribution < 1.29 is 9.47 Å². The van der Waals surface area contributed by atoms with Crippen molar-refractivity contribution in [2.45, 2.75) is 51.7 Å². The van der Waals surface area contributed by atoms with Crippen molar-refractivity contribution in [3.8, 4) is 11.5 Å². The van der Waals surface area contributed by atoms with E-state index in [-0.39, 0.29) is 5.56 Å². The second-order valence-corrected chi connectivity index (χ2v) is 8.00. The van der Waals surface area contributed by atoms with Crippen LogP contribution in [0.25, 0.3) is 0 Å². The molecule has 0 amide bonds. The molecule has 0 bridgehead atoms. The van der Waals surface area contributed by atoms with Gasteiger partial charge in [-0.1, -0.05) is 6.07 Å². The van der Waals surface area contributed by atoms with Crippen molar-refractivity contribution in [1.82, 2.24) is 14.9 Å². The van der Waals surface area contributed by atoms with E-state index in [9.17, 15) is 4.79 Å². The third-order valence-electron chi connectivity index (χ3n) is 6.07. The summed E-state index contributed by atoms with van der Waals surface area (Å²) in [5.41, 5.74) is 2.92. The van der Waals surface area contributed by atoms with Crippen LogP contribution >= 0.6 is 0 Å². The monoisotopic (exact) mass is 398 g/mol. The predicted molar refractivity (Wildman–Crippen MR) is 113 cm³/mol. The summed E-state index contributed by atoms with van der Waals surface area (Å²) in [6.45, 7) is 5.47. The lowest BCUT2D eigenvalue weighted by Gasteiger charge is -2.35. The largest absolute Gasteiger partial charge is 0.493 e. The number of aromatic amines is 1. The maximum Gasteiger partial charge on any atom is 0.255 e. The van der Waals surface area contributed by atoms with Gasteiger partial charge in [0, 0.05) is 37.8 Å². The van der Waals surface area contributed by atoms with Crippen LogP contribution in [0.15, 0.2) is 23.0 Å². The van der Waals surface area contributed by atoms with Crippen LogP contribution in [0, 0.1) is 0 Å². The van der Waals surface area contributed by atoms with E-state index >= 15 is 0 Å². The number of rotatable bonds is 5. The van der Waals surface area contributed by atoms with Gasteiger partial charge in [-0.2, -0.15) is 0 Å². The molecule has 1 aromatic carbocycles. The number of piperidine rings is 1. The van der Waals surface area contributed by atoms with Gasteiger partial charge in [-0.25, -0.2) is 4.98 Å². The maximum atomic E-state index is 12.7. The number of benzene rings is 1. The van der Waals surface area contributed by atoms with Gasteiger partial charge in [0.25, 0.3) is 5.56 Å². The minimum absolute atomic E-state index is 0.0218. The Morgan fingerprint density at radius 1 is 1.17 bits per heavy atom. The first-order valence-electron chi connectivity index (χ1n) is 10.4. The molecule has 0 aliphatic carbocycles. The van der Waals surface area contributed by atoms with Crippen molar-refractivity contribution in [3.63, 3.8) is 0 Å². The predicted octanol–water partition coefficient (Wildman–Crippen LogP) is 2.72. The second kappa shape index (κ2) is 8.45. The first kappa shape index (κ1) is 19.8. The van der Waals surface area contributed by atoms with E-state index in [2.05, 4.69) is 27.8 Å². The smallest absolute Gasteiger partial charge is 0.255 e. The molecule has 3 heterocycles. The highest BCUT2D eigenvalue weighted by molar-refractivity contribution is 5.43. The maximum absolute atomic E-state index is 12.7. The van der Waals surface area contributed by atoms with Gasteiger partial charge < -0.3 is 14.4 Å². The minimum Gasteiger partial charge on any atom is -0.493 e. The van der Waals surface area contributed by atoms with Crippen LogP contribution in [-0.4, -0.2) is 48.2 Å². The molecule has 1 saturated heterocycles. The number of hydrogen-bond acceptors (Lipinski definition) is 6. The Balaban J connectivity index is 1.54. The molecule has 1 fully saturated rings. The summed E-state index contributed by atoms with van der Waals surface area (Å²) in [5.74, 6) is 2.20. The van der Waals surface area contributed by atoms with Crippen LogP contribution in [0.2, 0.25) is 0 Å². The van der Waals surface area contributed by atoms with E-state index in [1.165, 1.54) is 6.42 Å². The highest BCUT2D eigenvalue weighted by atomic mass is 16.5. The molecule has 2 aliphatic heterocycles. The average molecular weight is 399 g/mol. The molecule has 2 aromatic rings. The summed E-state index contributed by atoms with van der Waals surface area (Å²) in [6, 6.07) is 6.42. The number of aromatic nitrogens is 2. The molecule has 0 radical (unpaired) electrons. The van der Waals surface area contributed by atoms with Crippen molar-refractivity contribution in [2.75, 3.05) is 32.2 Å². The number of nitrogens with one attached hydrogen (secondary N) is 1. The van der Waals surface area contributed by atoms with Crippen molar-refractivity contribution in [3.05, 3.63) is 45.4 Å². The summed E-state index contributed by atoms with van der Waals surface area (Å²) in [6.07, 6.45) is 4.26. The third kappa shape index (κ3) is 4.10. The Hall–Kier alpha value is -2.54. The molecule has 0 spiro atoms. The molecule has 156 valence electrons. The average Bonchev–Trinajstić information content (AvgIpc) is 2.73. The van der Waals surface area contributed by atoms with Crippen LogP contribution in [0.4, 0.5) is 5.95 Å². The van der Waals surface area contributed by atoms with Crippen LogP contribution in [0.5, 0.6) is 11.5 Å². The molecular formula is C22H30N4O3. The van der Waals surface area contributed by atoms with Crippen LogP contribution < -0.4 is 19.9 Å². The number of anilines is 1. The lowest BCUT2D eigenvalue weighted by Crippen LogP contribution is -2.41. The lowest BCUT2D eigenvalue weighted by molar-refractivity contribution is 0.240. The topological polar surface area (TPSA) is 70.7 Å². The van der Waals surface area contributed by atoms with E-state index < -0.39 is 0 Å². The van der Waals surface area contributed by atoms with Gasteiger partial charge in [-0.05, 0) is 50.3 Å². The molecule has 7 heteroatoms. The van der Waals surface area contributed by atoms with Gasteiger partial charge >= 0.3 is 0 Å². The molecule has 4 rings (SSSR count). The highest BCUT2D eigenvalue weighted by Crippen LogP contribution is 2.29. The molecule has 7 nitrogen and oxygen atoms in total. The van der Waals surface area contributed by atoms with Crippen LogP contribution in [0.1, 0.15) is 43.0 Å². The fourth-order valence-electron chi connectivity index (χ4n) is 4.40. The number of ether oxygens (including phenoxy) is 2. The van der Waals surface area contributed by atoms with E-state index in [0.717, 1.165) is 73.2 Å². The molecular weight excluding hydrogens is 368 g/mol. The molecule has 1 aromatic heterocycles. The van der Waals surface area contributed by atoms with E-state index in [4.69, 9.17) is 14.5 Å². The Bertz CT molecular complexity index is 927. The minimum atomic E-state index is 0.0218. The third-order valence-corrected chi connectivity index (χ3v) is 6.07. The number of methoxy groups -OCH3 is 2. The van der Waals surface area contributed by atoms with Gasteiger partial charge in [0.05, 0.1) is 19.9 Å². The Labute approximate surface area is 171 Å². The van der Waals surface area contributed by atoms with Crippen molar-refractivity contribution in [2.24, 2.45) is 0 Å². The fourth-order valence-corrected chi connectivity index (χ4v) is 4.40. The van der Waals surface area contributed by atoms with Gasteiger partial charge in [-0.15, -0.1) is 0 Å². The van der Waals surface area contributed by atoms with Crippen LogP contribution in [-0.2, 0) is 19.5 Å². The van der Waals surface area contributed by atoms with Gasteiger partial charge in [-0.3, -0.25) is 14.7 Å². The first-order chi connectivity index (χ1) is 14.1. The standard InChI is InChI=1S/C22H30N4O3/c1-15-6-4-5-10-26(15)22-23-18-14-25(11-9-17(18)21(27)24-22)13-16-7-8-19(28-2)20(12-16)29-3/h7-8,12,15H,4-6,9-11,13-14H2,1-3H3,(H,23,24,27)/t15-/m1/s1. The fraction of sp³-hybridized carbons (Fsp3) is 0.545. The second-order valence-electron chi connectivity index (χ2n) is 8.00. The Kier molecular flexibility index (Phi) is 5.76. The van der Waals surface area contributed by atoms with E-state index in [1.54, 1.807) is 14.2 Å². The molecule has 0 unspecified atom stereocenters. The van der Waals surface area contributed by atoms with Crippen LogP contribution in [0.3, 0.4) is 0 Å². The Morgan fingerprint density at radius 3 is 2.76 bits per heavy atom. The first-order valence-corrected chi connectivity index (χ1v) is 10.4. The number of fused-ring (bicyclic) bond motifs is 1. The summed E-state index contributed by atoms with van der Waals surface area (Å²) in [7, 11) is 3.29. The summed E-state index contributed by atoms with van der Waals surface area (Å²) >= 11 is 0. The van der Waals surface area contributed by atoms with Crippen molar-refractivity contribution >= 4 is 5.95 Å². The van der Waals surface area contributed by atoms with Crippen molar-refractivity contribution in [1.29, 1.82) is 0 Å². The molecule has 1 atom stereocenters. The molecule has 2 aliphatic rings.